The highest BCUT2D eigenvalue weighted by molar-refractivity contribution is 5.98. The van der Waals surface area contributed by atoms with Crippen LogP contribution in [0.3, 0.4) is 0 Å². The highest BCUT2D eigenvalue weighted by atomic mass is 19.1. The number of carbonyl (C=O) groups is 5. The number of hydrogen-bond acceptors (Lipinski definition) is 14. The molecular weight excluding hydrogens is 1810 g/mol. The van der Waals surface area contributed by atoms with E-state index in [0.29, 0.717) is 36.1 Å². The summed E-state index contributed by atoms with van der Waals surface area (Å²) < 4.78 is 24.1. The van der Waals surface area contributed by atoms with Gasteiger partial charge in [0.15, 0.2) is 0 Å². The molecule has 10 atom stereocenters. The Bertz CT molecular complexity index is 6740. The second kappa shape index (κ2) is 47.3. The van der Waals surface area contributed by atoms with Crippen LogP contribution in [0.15, 0.2) is 272 Å². The summed E-state index contributed by atoms with van der Waals surface area (Å²) in [4.78, 5) is 71.6. The maximum atomic E-state index is 13.3. The number of aryl methyl sites for hydroxylation is 5. The van der Waals surface area contributed by atoms with Crippen LogP contribution in [0.4, 0.5) is 44.2 Å². The lowest BCUT2D eigenvalue weighted by Crippen LogP contribution is -2.47. The van der Waals surface area contributed by atoms with E-state index < -0.39 is 0 Å². The van der Waals surface area contributed by atoms with Gasteiger partial charge in [-0.3, -0.25) is 24.0 Å². The van der Waals surface area contributed by atoms with Gasteiger partial charge in [-0.1, -0.05) is 218 Å². The van der Waals surface area contributed by atoms with Crippen LogP contribution in [0.1, 0.15) is 264 Å². The van der Waals surface area contributed by atoms with Gasteiger partial charge in [0.25, 0.3) is 0 Å². The monoisotopic (exact) mass is 1960 g/mol. The summed E-state index contributed by atoms with van der Waals surface area (Å²) >= 11 is 0. The molecule has 7 heterocycles. The lowest BCUT2D eigenvalue weighted by molar-refractivity contribution is -0.118. The Kier molecular flexibility index (Phi) is 33.7. The Labute approximate surface area is 863 Å². The minimum atomic E-state index is -0.252. The van der Waals surface area contributed by atoms with Gasteiger partial charge in [-0.2, -0.15) is 0 Å². The second-order valence-electron chi connectivity index (χ2n) is 42.0. The zero-order valence-electron chi connectivity index (χ0n) is 87.7. The molecule has 8 aliphatic rings. The van der Waals surface area contributed by atoms with E-state index in [0.717, 1.165) is 131 Å². The summed E-state index contributed by atoms with van der Waals surface area (Å²) in [6.45, 7) is 31.2. The first-order chi connectivity index (χ1) is 70.5. The van der Waals surface area contributed by atoms with Gasteiger partial charge in [0.2, 0.25) is 41.8 Å². The number of rotatable bonds is 16. The summed E-state index contributed by atoms with van der Waals surface area (Å²) in [6, 6.07) is 93.2. The maximum absolute atomic E-state index is 13.3. The highest BCUT2D eigenvalue weighted by Crippen LogP contribution is 2.49. The maximum Gasteiger partial charge on any atom is 0.247 e. The smallest absolute Gasteiger partial charge is 0.247 e. The van der Waals surface area contributed by atoms with Crippen molar-refractivity contribution in [1.29, 1.82) is 0 Å². The minimum Gasteiger partial charge on any atom is -0.423 e. The van der Waals surface area contributed by atoms with E-state index in [1.165, 1.54) is 166 Å². The van der Waals surface area contributed by atoms with Crippen LogP contribution in [0.5, 0.6) is 0 Å². The average molecular weight is 1960 g/mol. The summed E-state index contributed by atoms with van der Waals surface area (Å²) in [7, 11) is 0. The number of hydrogen-bond donors (Lipinski definition) is 5. The van der Waals surface area contributed by atoms with Gasteiger partial charge in [-0.05, 0) is 333 Å². The molecule has 758 valence electrons. The fourth-order valence-electron chi connectivity index (χ4n) is 23.7. The zero-order chi connectivity index (χ0) is 103. The van der Waals surface area contributed by atoms with Crippen LogP contribution in [0.25, 0.3) is 67.1 Å². The largest absolute Gasteiger partial charge is 0.423 e. The van der Waals surface area contributed by atoms with E-state index in [-0.39, 0.29) is 83.7 Å². The van der Waals surface area contributed by atoms with E-state index in [1.54, 1.807) is 46.8 Å². The van der Waals surface area contributed by atoms with Crippen LogP contribution in [0.2, 0.25) is 0 Å². The number of nitrogens with one attached hydrogen (secondary N) is 5. The normalized spacial score (nSPS) is 20.7. The molecule has 12 aromatic carbocycles. The molecule has 0 bridgehead atoms. The van der Waals surface area contributed by atoms with Crippen LogP contribution >= 0.6 is 0 Å². The highest BCUT2D eigenvalue weighted by Gasteiger charge is 2.40. The molecule has 13 aromatic rings. The molecule has 0 radical (unpaired) electrons. The predicted octanol–water partition coefficient (Wildman–Crippen LogP) is 28.3. The van der Waals surface area contributed by atoms with Crippen LogP contribution in [-0.4, -0.2) is 101 Å². The third kappa shape index (κ3) is 24.9. The van der Waals surface area contributed by atoms with Crippen molar-refractivity contribution in [2.45, 2.75) is 292 Å². The summed E-state index contributed by atoms with van der Waals surface area (Å²) in [6.07, 6.45) is 21.0. The zero-order valence-corrected chi connectivity index (χ0v) is 87.7. The molecule has 2 aliphatic carbocycles. The van der Waals surface area contributed by atoms with E-state index in [4.69, 9.17) is 9.15 Å². The molecule has 3 fully saturated rings. The SMILES string of the molecule is CC(=O)N1c2ccc(-c3cccc(C)c3)cc2[C@H](NC2CCCC2)C[C@@H]1C.CC(=O)N1c2ccc(-c3cccc(C)c3)cc2[C@H](NC2CCCCCC2)C[C@@H]1C.CC(=O)N1c2ccc(-c3cccc(C)c3)cc2[C@H](NC2CCOCC2)C[C@@H]1C.CC(=O)N1c2ccc(-c3cccc(C)c3)cc2[C@H](Nc2ccc(-c3nnco3)cc2)C[C@@H]1C.CC(=O)N1c2ccc(-c3cccc(C)c3)cc2[C@H](Nc2ccc(F)cc2)C[C@@H]1C. The number of amides is 5. The number of carbonyl (C=O) groups excluding carboxylic acids is 5. The van der Waals surface area contributed by atoms with Crippen molar-refractivity contribution in [2.24, 2.45) is 0 Å². The van der Waals surface area contributed by atoms with Crippen molar-refractivity contribution in [3.8, 4) is 67.1 Å². The molecule has 1 saturated heterocycles. The second-order valence-corrected chi connectivity index (χ2v) is 42.0. The average Bonchev–Trinajstić information content (AvgIpc) is 1.24. The van der Waals surface area contributed by atoms with Gasteiger partial charge in [0, 0.05) is 160 Å². The minimum absolute atomic E-state index is 0.0332. The van der Waals surface area contributed by atoms with Gasteiger partial charge < -0.3 is 60.2 Å². The van der Waals surface area contributed by atoms with Gasteiger partial charge in [-0.15, -0.1) is 10.2 Å². The van der Waals surface area contributed by atoms with Crippen molar-refractivity contribution in [3.63, 3.8) is 0 Å². The van der Waals surface area contributed by atoms with Gasteiger partial charge in [0.1, 0.15) is 5.82 Å². The van der Waals surface area contributed by atoms with Gasteiger partial charge >= 0.3 is 0 Å². The quantitative estimate of drug-likeness (QED) is 0.0570. The molecule has 21 rings (SSSR count). The number of anilines is 7. The fraction of sp³-hybridized carbons (Fsp3) is 0.373. The Morgan fingerprint density at radius 1 is 0.295 bits per heavy atom. The number of benzene rings is 12. The molecule has 2 saturated carbocycles. The molecule has 5 N–H and O–H groups in total. The molecule has 20 heteroatoms. The first-order valence-corrected chi connectivity index (χ1v) is 53.0. The predicted molar refractivity (Wildman–Crippen MR) is 593 cm³/mol. The topological polar surface area (TPSA) is 210 Å². The van der Waals surface area contributed by atoms with Crippen molar-refractivity contribution < 1.29 is 37.5 Å². The lowest BCUT2D eigenvalue weighted by Gasteiger charge is -2.41. The summed E-state index contributed by atoms with van der Waals surface area (Å²) in [5.41, 5.74) is 32.1. The number of nitrogens with zero attached hydrogens (tertiary/aromatic N) is 7. The van der Waals surface area contributed by atoms with Crippen LogP contribution in [-0.2, 0) is 28.7 Å². The first kappa shape index (κ1) is 104. The fourth-order valence-corrected chi connectivity index (χ4v) is 23.7. The molecule has 146 heavy (non-hydrogen) atoms. The van der Waals surface area contributed by atoms with Gasteiger partial charge in [-0.25, -0.2) is 4.39 Å². The van der Waals surface area contributed by atoms with E-state index in [2.05, 4.69) is 312 Å². The third-order valence-corrected chi connectivity index (χ3v) is 30.6. The van der Waals surface area contributed by atoms with Crippen LogP contribution < -0.4 is 51.1 Å². The number of halogens is 1. The number of aromatic nitrogens is 2. The molecule has 1 aromatic heterocycles. The molecule has 0 spiro atoms. The van der Waals surface area contributed by atoms with E-state index >= 15 is 0 Å². The summed E-state index contributed by atoms with van der Waals surface area (Å²) in [5.74, 6) is 0.732. The Balaban J connectivity index is 0.000000125. The Morgan fingerprint density at radius 3 is 0.808 bits per heavy atom. The molecule has 6 aliphatic heterocycles. The summed E-state index contributed by atoms with van der Waals surface area (Å²) in [5, 5.41) is 26.7. The van der Waals surface area contributed by atoms with E-state index in [9.17, 15) is 28.4 Å². The third-order valence-electron chi connectivity index (χ3n) is 30.6. The van der Waals surface area contributed by atoms with E-state index in [1.807, 2.05) is 54.8 Å². The Hall–Kier alpha value is -13.5. The first-order valence-electron chi connectivity index (χ1n) is 53.0. The van der Waals surface area contributed by atoms with Crippen molar-refractivity contribution in [1.82, 2.24) is 26.1 Å². The standard InChI is InChI=1S/C27H26N4O2.C26H34N2O.C25H25FN2O.C24H30N2O2.C24H30N2O/c1-17-5-4-6-21(13-17)22-9-12-26-24(15-22)25(14-18(2)31(26)19(3)32)29-23-10-7-20(8-11-23)27-30-28-16-33-27;1-18-9-8-10-21(15-18)22-13-14-26-24(17-22)25(16-19(2)28(26)20(3)29)27-23-11-6-4-5-7-12-23;1-16-5-4-6-19(13-16)20-7-12-25-23(15-20)24(14-17(2)28(25)18(3)29)27-22-10-8-21(26)9-11-22;1-16-5-4-6-19(13-16)20-7-8-24-22(15-20)23(14-17(2)26(24)18(3)27)25-21-9-11-28-12-10-21;1-16-7-6-8-19(13-16)20-11-12-24-22(15-20)23(25-21-9-4-5-10-21)14-17(2)26(24)18(3)27/h4-13,15-16,18,25,29H,14H2,1-3H3;8-10,13-15,17,19,23,25,27H,4-7,11-12,16H2,1-3H3;4-13,15,17,24,27H,14H2,1-3H3;4-8,13,15,17,21,23,25H,9-12,14H2,1-3H3;6-8,11-13,15,17,21,23,25H,4-5,9-10,14H2,1-3H3/t18-,25+;19-,25+;17-,24+;2*17-,23+/m00000/s1. The van der Waals surface area contributed by atoms with Crippen molar-refractivity contribution >= 4 is 69.3 Å². The molecule has 19 nitrogen and oxygen atoms in total. The molecular formula is C126H145FN12O7. The van der Waals surface area contributed by atoms with Crippen molar-refractivity contribution in [2.75, 3.05) is 48.3 Å². The molecule has 5 amide bonds. The van der Waals surface area contributed by atoms with Crippen molar-refractivity contribution in [3.05, 3.63) is 329 Å². The Morgan fingerprint density at radius 2 is 0.541 bits per heavy atom. The number of fused-ring (bicyclic) bond motifs is 5. The number of ether oxygens (including phenoxy) is 1. The van der Waals surface area contributed by atoms with Crippen LogP contribution in [0, 0.1) is 40.4 Å². The lowest BCUT2D eigenvalue weighted by atomic mass is 9.88. The van der Waals surface area contributed by atoms with Gasteiger partial charge in [0.05, 0.1) is 12.1 Å². The molecule has 0 unspecified atom stereocenters.